The maximum absolute atomic E-state index is 12.0. The summed E-state index contributed by atoms with van der Waals surface area (Å²) in [5, 5.41) is 6.46. The standard InChI is InChI=1S/C17H25BrN2O/c1-11(2)10-19-17(21)12(3)20-16-7-5-13-8-15(18)6-4-14(13)9-16/h4,6,8,11-12,16,20H,5,7,9-10H2,1-3H3,(H,19,21). The molecule has 0 fully saturated rings. The summed E-state index contributed by atoms with van der Waals surface area (Å²) in [5.41, 5.74) is 2.83. The molecule has 0 aliphatic heterocycles. The molecule has 1 aromatic carbocycles. The number of amides is 1. The van der Waals surface area contributed by atoms with Gasteiger partial charge in [0.25, 0.3) is 0 Å². The van der Waals surface area contributed by atoms with Crippen LogP contribution in [0.3, 0.4) is 0 Å². The first kappa shape index (κ1) is 16.5. The van der Waals surface area contributed by atoms with Crippen molar-refractivity contribution in [3.05, 3.63) is 33.8 Å². The van der Waals surface area contributed by atoms with E-state index >= 15 is 0 Å². The molecule has 1 aliphatic carbocycles. The molecule has 0 heterocycles. The van der Waals surface area contributed by atoms with Crippen molar-refractivity contribution in [3.63, 3.8) is 0 Å². The van der Waals surface area contributed by atoms with Gasteiger partial charge in [-0.3, -0.25) is 4.79 Å². The Hall–Kier alpha value is -0.870. The number of aryl methyl sites for hydroxylation is 1. The highest BCUT2D eigenvalue weighted by atomic mass is 79.9. The van der Waals surface area contributed by atoms with Gasteiger partial charge in [0.05, 0.1) is 6.04 Å². The van der Waals surface area contributed by atoms with E-state index in [9.17, 15) is 4.79 Å². The molecule has 0 saturated carbocycles. The van der Waals surface area contributed by atoms with Crippen molar-refractivity contribution in [2.75, 3.05) is 6.54 Å². The van der Waals surface area contributed by atoms with E-state index in [1.165, 1.54) is 11.1 Å². The van der Waals surface area contributed by atoms with E-state index in [4.69, 9.17) is 0 Å². The third-order valence-corrected chi connectivity index (χ3v) is 4.45. The van der Waals surface area contributed by atoms with Crippen LogP contribution in [0, 0.1) is 5.92 Å². The van der Waals surface area contributed by atoms with Gasteiger partial charge in [-0.1, -0.05) is 35.8 Å². The number of carbonyl (C=O) groups is 1. The SMILES string of the molecule is CC(C)CNC(=O)C(C)NC1CCc2cc(Br)ccc2C1. The quantitative estimate of drug-likeness (QED) is 0.854. The minimum Gasteiger partial charge on any atom is -0.354 e. The monoisotopic (exact) mass is 352 g/mol. The lowest BCUT2D eigenvalue weighted by Gasteiger charge is -2.28. The molecule has 0 aromatic heterocycles. The van der Waals surface area contributed by atoms with E-state index in [0.29, 0.717) is 12.0 Å². The molecule has 0 radical (unpaired) electrons. The Labute approximate surface area is 136 Å². The number of fused-ring (bicyclic) bond motifs is 1. The summed E-state index contributed by atoms with van der Waals surface area (Å²) in [4.78, 5) is 12.0. The third-order valence-electron chi connectivity index (χ3n) is 3.96. The van der Waals surface area contributed by atoms with Gasteiger partial charge in [-0.25, -0.2) is 0 Å². The first-order valence-electron chi connectivity index (χ1n) is 7.76. The minimum absolute atomic E-state index is 0.102. The van der Waals surface area contributed by atoms with Gasteiger partial charge in [-0.05, 0) is 55.4 Å². The fourth-order valence-electron chi connectivity index (χ4n) is 2.75. The summed E-state index contributed by atoms with van der Waals surface area (Å²) in [6, 6.07) is 6.75. The van der Waals surface area contributed by atoms with Crippen LogP contribution in [0.5, 0.6) is 0 Å². The fraction of sp³-hybridized carbons (Fsp3) is 0.588. The number of halogens is 1. The highest BCUT2D eigenvalue weighted by Gasteiger charge is 2.22. The maximum Gasteiger partial charge on any atom is 0.236 e. The summed E-state index contributed by atoms with van der Waals surface area (Å²) in [6.07, 6.45) is 3.17. The zero-order valence-corrected chi connectivity index (χ0v) is 14.7. The molecule has 116 valence electrons. The zero-order chi connectivity index (χ0) is 15.4. The Morgan fingerprint density at radius 2 is 2.10 bits per heavy atom. The molecule has 2 atom stereocenters. The number of hydrogen-bond donors (Lipinski definition) is 2. The summed E-state index contributed by atoms with van der Waals surface area (Å²) in [6.45, 7) is 6.91. The van der Waals surface area contributed by atoms with Gasteiger partial charge in [-0.2, -0.15) is 0 Å². The maximum atomic E-state index is 12.0. The molecule has 2 rings (SSSR count). The van der Waals surface area contributed by atoms with Gasteiger partial charge in [0.2, 0.25) is 5.91 Å². The van der Waals surface area contributed by atoms with E-state index in [0.717, 1.165) is 30.3 Å². The molecule has 2 unspecified atom stereocenters. The minimum atomic E-state index is -0.134. The van der Waals surface area contributed by atoms with Crippen LogP contribution in [-0.2, 0) is 17.6 Å². The molecule has 21 heavy (non-hydrogen) atoms. The molecular weight excluding hydrogens is 328 g/mol. The molecular formula is C17H25BrN2O. The van der Waals surface area contributed by atoms with Crippen LogP contribution >= 0.6 is 15.9 Å². The molecule has 0 saturated heterocycles. The van der Waals surface area contributed by atoms with E-state index in [1.54, 1.807) is 0 Å². The predicted molar refractivity (Wildman–Crippen MR) is 90.4 cm³/mol. The molecule has 1 amide bonds. The second-order valence-corrected chi connectivity index (χ2v) is 7.30. The lowest BCUT2D eigenvalue weighted by atomic mass is 9.88. The number of carbonyl (C=O) groups excluding carboxylic acids is 1. The molecule has 0 spiro atoms. The Balaban J connectivity index is 1.87. The van der Waals surface area contributed by atoms with Gasteiger partial charge in [0.15, 0.2) is 0 Å². The fourth-order valence-corrected chi connectivity index (χ4v) is 3.16. The van der Waals surface area contributed by atoms with E-state index in [1.807, 2.05) is 6.92 Å². The highest BCUT2D eigenvalue weighted by molar-refractivity contribution is 9.10. The smallest absolute Gasteiger partial charge is 0.236 e. The molecule has 1 aromatic rings. The van der Waals surface area contributed by atoms with E-state index in [2.05, 4.69) is 58.6 Å². The number of benzene rings is 1. The number of nitrogens with one attached hydrogen (secondary N) is 2. The van der Waals surface area contributed by atoms with Crippen molar-refractivity contribution in [3.8, 4) is 0 Å². The number of rotatable bonds is 5. The van der Waals surface area contributed by atoms with Crippen LogP contribution in [0.25, 0.3) is 0 Å². The van der Waals surface area contributed by atoms with E-state index < -0.39 is 0 Å². The summed E-state index contributed by atoms with van der Waals surface area (Å²) < 4.78 is 1.15. The predicted octanol–water partition coefficient (Wildman–Crippen LogP) is 3.06. The van der Waals surface area contributed by atoms with Crippen LogP contribution in [0.1, 0.15) is 38.3 Å². The van der Waals surface area contributed by atoms with Crippen LogP contribution in [0.4, 0.5) is 0 Å². The average molecular weight is 353 g/mol. The van der Waals surface area contributed by atoms with E-state index in [-0.39, 0.29) is 11.9 Å². The first-order chi connectivity index (χ1) is 9.95. The van der Waals surface area contributed by atoms with Crippen LogP contribution in [0.2, 0.25) is 0 Å². The second-order valence-electron chi connectivity index (χ2n) is 6.38. The Morgan fingerprint density at radius 1 is 1.33 bits per heavy atom. The lowest BCUT2D eigenvalue weighted by molar-refractivity contribution is -0.123. The largest absolute Gasteiger partial charge is 0.354 e. The Morgan fingerprint density at radius 3 is 2.81 bits per heavy atom. The Bertz CT molecular complexity index is 502. The lowest BCUT2D eigenvalue weighted by Crippen LogP contribution is -2.48. The van der Waals surface area contributed by atoms with Crippen LogP contribution in [0.15, 0.2) is 22.7 Å². The van der Waals surface area contributed by atoms with Gasteiger partial charge >= 0.3 is 0 Å². The second kappa shape index (κ2) is 7.41. The summed E-state index contributed by atoms with van der Waals surface area (Å²) in [5.74, 6) is 0.589. The van der Waals surface area contributed by atoms with Gasteiger partial charge in [0, 0.05) is 17.1 Å². The average Bonchev–Trinajstić information content (AvgIpc) is 2.44. The summed E-state index contributed by atoms with van der Waals surface area (Å²) >= 11 is 3.53. The Kier molecular flexibility index (Phi) is 5.82. The van der Waals surface area contributed by atoms with Crippen molar-refractivity contribution in [1.82, 2.24) is 10.6 Å². The van der Waals surface area contributed by atoms with Crippen molar-refractivity contribution in [2.45, 2.75) is 52.1 Å². The summed E-state index contributed by atoms with van der Waals surface area (Å²) in [7, 11) is 0. The van der Waals surface area contributed by atoms with Crippen molar-refractivity contribution in [2.24, 2.45) is 5.92 Å². The molecule has 2 N–H and O–H groups in total. The van der Waals surface area contributed by atoms with Crippen LogP contribution < -0.4 is 10.6 Å². The molecule has 4 heteroatoms. The number of hydrogen-bond acceptors (Lipinski definition) is 2. The van der Waals surface area contributed by atoms with Gasteiger partial charge in [-0.15, -0.1) is 0 Å². The normalized spacial score (nSPS) is 19.2. The molecule has 0 bridgehead atoms. The van der Waals surface area contributed by atoms with Crippen molar-refractivity contribution < 1.29 is 4.79 Å². The van der Waals surface area contributed by atoms with Crippen molar-refractivity contribution >= 4 is 21.8 Å². The third kappa shape index (κ3) is 4.82. The first-order valence-corrected chi connectivity index (χ1v) is 8.56. The van der Waals surface area contributed by atoms with Crippen molar-refractivity contribution in [1.29, 1.82) is 0 Å². The molecule has 1 aliphatic rings. The highest BCUT2D eigenvalue weighted by Crippen LogP contribution is 2.25. The molecule has 3 nitrogen and oxygen atoms in total. The van der Waals surface area contributed by atoms with Gasteiger partial charge in [0.1, 0.15) is 0 Å². The van der Waals surface area contributed by atoms with Gasteiger partial charge < -0.3 is 10.6 Å². The topological polar surface area (TPSA) is 41.1 Å². The zero-order valence-electron chi connectivity index (χ0n) is 13.1. The van der Waals surface area contributed by atoms with Crippen LogP contribution in [-0.4, -0.2) is 24.5 Å².